The lowest BCUT2D eigenvalue weighted by atomic mass is 10.1. The van der Waals surface area contributed by atoms with Crippen molar-refractivity contribution in [3.63, 3.8) is 0 Å². The second-order valence-corrected chi connectivity index (χ2v) is 5.41. The van der Waals surface area contributed by atoms with Crippen molar-refractivity contribution in [3.8, 4) is 0 Å². The lowest BCUT2D eigenvalue weighted by Crippen LogP contribution is -2.43. The molecule has 0 spiro atoms. The van der Waals surface area contributed by atoms with Crippen molar-refractivity contribution < 1.29 is 18.7 Å². The van der Waals surface area contributed by atoms with Crippen molar-refractivity contribution in [2.45, 2.75) is 26.3 Å². The summed E-state index contributed by atoms with van der Waals surface area (Å²) in [6.07, 6.45) is 1.93. The summed E-state index contributed by atoms with van der Waals surface area (Å²) in [5, 5.41) is 0. The van der Waals surface area contributed by atoms with Gasteiger partial charge in [0.15, 0.2) is 5.76 Å². The molecule has 1 atom stereocenters. The van der Waals surface area contributed by atoms with Gasteiger partial charge in [0.1, 0.15) is 6.04 Å². The number of aryl methyl sites for hydroxylation is 2. The first-order valence-corrected chi connectivity index (χ1v) is 7.19. The lowest BCUT2D eigenvalue weighted by Gasteiger charge is -2.27. The fourth-order valence-corrected chi connectivity index (χ4v) is 2.73. The highest BCUT2D eigenvalue weighted by molar-refractivity contribution is 6.08. The van der Waals surface area contributed by atoms with Crippen LogP contribution in [0.4, 0.5) is 5.69 Å². The Balaban J connectivity index is 2.06. The zero-order valence-electron chi connectivity index (χ0n) is 12.5. The van der Waals surface area contributed by atoms with E-state index in [9.17, 15) is 9.59 Å². The molecule has 114 valence electrons. The molecule has 5 nitrogen and oxygen atoms in total. The van der Waals surface area contributed by atoms with Crippen molar-refractivity contribution >= 4 is 17.6 Å². The van der Waals surface area contributed by atoms with Crippen LogP contribution in [0.25, 0.3) is 0 Å². The van der Waals surface area contributed by atoms with Gasteiger partial charge in [0.2, 0.25) is 0 Å². The highest BCUT2D eigenvalue weighted by atomic mass is 16.5. The third-order valence-corrected chi connectivity index (χ3v) is 3.78. The van der Waals surface area contributed by atoms with Gasteiger partial charge in [-0.2, -0.15) is 0 Å². The molecule has 1 aliphatic rings. The third kappa shape index (κ3) is 2.50. The molecule has 1 unspecified atom stereocenters. The van der Waals surface area contributed by atoms with Crippen LogP contribution in [0, 0.1) is 13.8 Å². The Hall–Kier alpha value is -2.56. The van der Waals surface area contributed by atoms with Gasteiger partial charge in [-0.1, -0.05) is 17.7 Å². The Kier molecular flexibility index (Phi) is 3.71. The molecule has 0 bridgehead atoms. The predicted molar refractivity (Wildman–Crippen MR) is 80.8 cm³/mol. The van der Waals surface area contributed by atoms with Gasteiger partial charge in [-0.3, -0.25) is 9.69 Å². The minimum Gasteiger partial charge on any atom is -0.464 e. The van der Waals surface area contributed by atoms with Crippen LogP contribution in [0.1, 0.15) is 28.1 Å². The van der Waals surface area contributed by atoms with Crippen molar-refractivity contribution in [1.29, 1.82) is 0 Å². The molecule has 0 radical (unpaired) electrons. The number of carbonyl (C=O) groups is 2. The van der Waals surface area contributed by atoms with Crippen LogP contribution in [0.5, 0.6) is 0 Å². The molecule has 1 aromatic carbocycles. The maximum atomic E-state index is 12.8. The Morgan fingerprint density at radius 1 is 1.27 bits per heavy atom. The number of esters is 1. The number of ether oxygens (including phenoxy) is 1. The molecular weight excluding hydrogens is 282 g/mol. The highest BCUT2D eigenvalue weighted by Gasteiger charge is 2.38. The number of benzene rings is 1. The van der Waals surface area contributed by atoms with Gasteiger partial charge in [0, 0.05) is 12.1 Å². The summed E-state index contributed by atoms with van der Waals surface area (Å²) in [5.74, 6) is -0.500. The first-order valence-electron chi connectivity index (χ1n) is 7.19. The molecule has 1 aromatic heterocycles. The van der Waals surface area contributed by atoms with Crippen LogP contribution >= 0.6 is 0 Å². The molecular formula is C17H17NO4. The number of amides is 1. The van der Waals surface area contributed by atoms with Crippen LogP contribution in [-0.4, -0.2) is 24.5 Å². The number of cyclic esters (lactones) is 1. The fraction of sp³-hybridized carbons (Fsp3) is 0.294. The largest absolute Gasteiger partial charge is 0.464 e. The minimum absolute atomic E-state index is 0.208. The average molecular weight is 299 g/mol. The van der Waals surface area contributed by atoms with E-state index in [0.29, 0.717) is 18.7 Å². The van der Waals surface area contributed by atoms with Crippen molar-refractivity contribution in [1.82, 2.24) is 0 Å². The topological polar surface area (TPSA) is 59.8 Å². The molecule has 22 heavy (non-hydrogen) atoms. The summed E-state index contributed by atoms with van der Waals surface area (Å²) in [6, 6.07) is 8.40. The van der Waals surface area contributed by atoms with Gasteiger partial charge in [0.05, 0.1) is 12.9 Å². The smallest absolute Gasteiger partial charge is 0.329 e. The van der Waals surface area contributed by atoms with E-state index in [4.69, 9.17) is 9.15 Å². The van der Waals surface area contributed by atoms with Gasteiger partial charge in [0.25, 0.3) is 5.91 Å². The normalized spacial score (nSPS) is 17.4. The van der Waals surface area contributed by atoms with E-state index in [1.807, 2.05) is 32.0 Å². The van der Waals surface area contributed by atoms with Crippen LogP contribution < -0.4 is 4.90 Å². The summed E-state index contributed by atoms with van der Waals surface area (Å²) in [6.45, 7) is 4.24. The second kappa shape index (κ2) is 5.67. The minimum atomic E-state index is -0.612. The molecule has 2 heterocycles. The summed E-state index contributed by atoms with van der Waals surface area (Å²) < 4.78 is 10.2. The van der Waals surface area contributed by atoms with E-state index >= 15 is 0 Å². The lowest BCUT2D eigenvalue weighted by molar-refractivity contribution is -0.139. The van der Waals surface area contributed by atoms with Gasteiger partial charge in [-0.05, 0) is 37.6 Å². The summed E-state index contributed by atoms with van der Waals surface area (Å²) in [7, 11) is 0. The number of anilines is 1. The third-order valence-electron chi connectivity index (χ3n) is 3.78. The summed E-state index contributed by atoms with van der Waals surface area (Å²) in [4.78, 5) is 26.3. The molecule has 0 N–H and O–H groups in total. The molecule has 3 rings (SSSR count). The zero-order valence-corrected chi connectivity index (χ0v) is 12.5. The van der Waals surface area contributed by atoms with E-state index in [1.165, 1.54) is 11.2 Å². The summed E-state index contributed by atoms with van der Waals surface area (Å²) in [5.41, 5.74) is 2.73. The Morgan fingerprint density at radius 3 is 2.68 bits per heavy atom. The maximum absolute atomic E-state index is 12.8. The van der Waals surface area contributed by atoms with E-state index in [-0.39, 0.29) is 17.6 Å². The van der Waals surface area contributed by atoms with E-state index in [1.54, 1.807) is 12.1 Å². The van der Waals surface area contributed by atoms with Gasteiger partial charge in [-0.15, -0.1) is 0 Å². The molecule has 1 aliphatic heterocycles. The monoisotopic (exact) mass is 299 g/mol. The fourth-order valence-electron chi connectivity index (χ4n) is 2.73. The standard InChI is InChI=1S/C17H17NO4/c1-11-5-6-13(12(2)10-11)18(14-7-9-22-17(14)20)16(19)15-4-3-8-21-15/h3-6,8,10,14H,7,9H2,1-2H3. The number of carbonyl (C=O) groups excluding carboxylic acids is 2. The molecule has 5 heteroatoms. The molecule has 0 aliphatic carbocycles. The quantitative estimate of drug-likeness (QED) is 0.818. The highest BCUT2D eigenvalue weighted by Crippen LogP contribution is 2.28. The first kappa shape index (κ1) is 14.4. The SMILES string of the molecule is Cc1ccc(N(C(=O)c2ccco2)C2CCOC2=O)c(C)c1. The molecule has 0 saturated carbocycles. The number of hydrogen-bond acceptors (Lipinski definition) is 4. The molecule has 1 saturated heterocycles. The van der Waals surface area contributed by atoms with Crippen LogP contribution in [0.3, 0.4) is 0 Å². The number of hydrogen-bond donors (Lipinski definition) is 0. The Morgan fingerprint density at radius 2 is 2.09 bits per heavy atom. The van der Waals surface area contributed by atoms with Gasteiger partial charge in [-0.25, -0.2) is 4.79 Å². The van der Waals surface area contributed by atoms with Crippen LogP contribution in [0.2, 0.25) is 0 Å². The van der Waals surface area contributed by atoms with E-state index in [2.05, 4.69) is 0 Å². The second-order valence-electron chi connectivity index (χ2n) is 5.41. The van der Waals surface area contributed by atoms with E-state index < -0.39 is 6.04 Å². The molecule has 1 fully saturated rings. The van der Waals surface area contributed by atoms with E-state index in [0.717, 1.165) is 11.1 Å². The van der Waals surface area contributed by atoms with Gasteiger partial charge >= 0.3 is 5.97 Å². The number of furan rings is 1. The van der Waals surface area contributed by atoms with Crippen molar-refractivity contribution in [2.24, 2.45) is 0 Å². The number of nitrogens with zero attached hydrogens (tertiary/aromatic N) is 1. The summed E-state index contributed by atoms with van der Waals surface area (Å²) >= 11 is 0. The maximum Gasteiger partial charge on any atom is 0.329 e. The Labute approximate surface area is 128 Å². The average Bonchev–Trinajstić information content (AvgIpc) is 3.13. The number of rotatable bonds is 3. The molecule has 1 amide bonds. The zero-order chi connectivity index (χ0) is 15.7. The molecule has 2 aromatic rings. The van der Waals surface area contributed by atoms with Crippen LogP contribution in [0.15, 0.2) is 41.0 Å². The van der Waals surface area contributed by atoms with Crippen molar-refractivity contribution in [3.05, 3.63) is 53.5 Å². The first-order chi connectivity index (χ1) is 10.6. The van der Waals surface area contributed by atoms with Crippen molar-refractivity contribution in [2.75, 3.05) is 11.5 Å². The Bertz CT molecular complexity index is 705. The van der Waals surface area contributed by atoms with Gasteiger partial charge < -0.3 is 9.15 Å². The predicted octanol–water partition coefficient (Wildman–Crippen LogP) is 2.86. The van der Waals surface area contributed by atoms with Crippen LogP contribution in [-0.2, 0) is 9.53 Å².